The maximum atomic E-state index is 5.89. The van der Waals surface area contributed by atoms with Crippen LogP contribution in [-0.2, 0) is 0 Å². The van der Waals surface area contributed by atoms with Crippen LogP contribution in [0, 0.1) is 5.92 Å². The Morgan fingerprint density at radius 1 is 1.50 bits per heavy atom. The monoisotopic (exact) mass is 171 g/mol. The van der Waals surface area contributed by atoms with E-state index in [4.69, 9.17) is 11.5 Å². The minimum atomic E-state index is 0.203. The van der Waals surface area contributed by atoms with Crippen molar-refractivity contribution in [3.8, 4) is 0 Å². The van der Waals surface area contributed by atoms with Gasteiger partial charge in [0.25, 0.3) is 0 Å². The maximum absolute atomic E-state index is 5.89. The molecule has 1 aliphatic heterocycles. The molecule has 1 fully saturated rings. The molecule has 3 heteroatoms. The van der Waals surface area contributed by atoms with Crippen molar-refractivity contribution in [1.29, 1.82) is 0 Å². The third-order valence-electron chi connectivity index (χ3n) is 2.86. The van der Waals surface area contributed by atoms with Crippen molar-refractivity contribution in [1.82, 2.24) is 4.90 Å². The molecule has 0 radical (unpaired) electrons. The lowest BCUT2D eigenvalue weighted by atomic mass is 10.0. The molecule has 3 nitrogen and oxygen atoms in total. The molecular formula is C9H21N3. The molecule has 0 amide bonds. The first-order chi connectivity index (χ1) is 5.65. The SMILES string of the molecule is CC(C)N1CCC(C(N)CN)C1. The van der Waals surface area contributed by atoms with Gasteiger partial charge in [0.05, 0.1) is 0 Å². The van der Waals surface area contributed by atoms with Crippen molar-refractivity contribution >= 4 is 0 Å². The highest BCUT2D eigenvalue weighted by Crippen LogP contribution is 2.19. The van der Waals surface area contributed by atoms with Gasteiger partial charge in [0.15, 0.2) is 0 Å². The number of hydrogen-bond acceptors (Lipinski definition) is 3. The van der Waals surface area contributed by atoms with Gasteiger partial charge in [-0.3, -0.25) is 0 Å². The topological polar surface area (TPSA) is 55.3 Å². The number of hydrogen-bond donors (Lipinski definition) is 2. The first-order valence-corrected chi connectivity index (χ1v) is 4.85. The standard InChI is InChI=1S/C9H21N3/c1-7(2)12-4-3-8(6-12)9(11)5-10/h7-9H,3-6,10-11H2,1-2H3. The average Bonchev–Trinajstić information content (AvgIpc) is 2.51. The molecule has 12 heavy (non-hydrogen) atoms. The lowest BCUT2D eigenvalue weighted by molar-refractivity contribution is 0.259. The molecule has 0 aromatic rings. The Hall–Kier alpha value is -0.120. The van der Waals surface area contributed by atoms with Crippen molar-refractivity contribution in [2.45, 2.75) is 32.4 Å². The lowest BCUT2D eigenvalue weighted by Crippen LogP contribution is -2.39. The Labute approximate surface area is 75.1 Å². The summed E-state index contributed by atoms with van der Waals surface area (Å²) < 4.78 is 0. The Balaban J connectivity index is 2.35. The zero-order chi connectivity index (χ0) is 9.14. The molecule has 2 unspecified atom stereocenters. The average molecular weight is 171 g/mol. The van der Waals surface area contributed by atoms with E-state index in [9.17, 15) is 0 Å². The second kappa shape index (κ2) is 4.21. The van der Waals surface area contributed by atoms with E-state index in [-0.39, 0.29) is 6.04 Å². The molecule has 0 aliphatic carbocycles. The largest absolute Gasteiger partial charge is 0.329 e. The summed E-state index contributed by atoms with van der Waals surface area (Å²) in [6.45, 7) is 7.41. The summed E-state index contributed by atoms with van der Waals surface area (Å²) in [5.74, 6) is 0.623. The number of nitrogens with zero attached hydrogens (tertiary/aromatic N) is 1. The third kappa shape index (κ3) is 2.19. The highest BCUT2D eigenvalue weighted by molar-refractivity contribution is 4.84. The second-order valence-electron chi connectivity index (χ2n) is 4.04. The van der Waals surface area contributed by atoms with Crippen LogP contribution in [0.2, 0.25) is 0 Å². The van der Waals surface area contributed by atoms with E-state index in [2.05, 4.69) is 18.7 Å². The first-order valence-electron chi connectivity index (χ1n) is 4.85. The normalized spacial score (nSPS) is 28.2. The van der Waals surface area contributed by atoms with Crippen LogP contribution in [0.5, 0.6) is 0 Å². The van der Waals surface area contributed by atoms with Crippen LogP contribution in [0.4, 0.5) is 0 Å². The molecule has 0 aromatic carbocycles. The van der Waals surface area contributed by atoms with E-state index in [0.29, 0.717) is 18.5 Å². The van der Waals surface area contributed by atoms with Gasteiger partial charge in [0, 0.05) is 25.2 Å². The van der Waals surface area contributed by atoms with E-state index in [1.807, 2.05) is 0 Å². The van der Waals surface area contributed by atoms with Crippen molar-refractivity contribution in [2.75, 3.05) is 19.6 Å². The van der Waals surface area contributed by atoms with E-state index >= 15 is 0 Å². The molecular weight excluding hydrogens is 150 g/mol. The van der Waals surface area contributed by atoms with Crippen LogP contribution in [0.25, 0.3) is 0 Å². The van der Waals surface area contributed by atoms with Crippen LogP contribution in [0.15, 0.2) is 0 Å². The van der Waals surface area contributed by atoms with Gasteiger partial charge in [0.2, 0.25) is 0 Å². The fourth-order valence-corrected chi connectivity index (χ4v) is 1.83. The molecule has 2 atom stereocenters. The maximum Gasteiger partial charge on any atom is 0.0204 e. The van der Waals surface area contributed by atoms with Crippen molar-refractivity contribution in [3.05, 3.63) is 0 Å². The van der Waals surface area contributed by atoms with E-state index in [1.165, 1.54) is 13.0 Å². The predicted molar refractivity (Wildman–Crippen MR) is 51.8 cm³/mol. The fraction of sp³-hybridized carbons (Fsp3) is 1.00. The zero-order valence-corrected chi connectivity index (χ0v) is 8.16. The summed E-state index contributed by atoms with van der Waals surface area (Å²) in [5, 5.41) is 0. The van der Waals surface area contributed by atoms with Gasteiger partial charge >= 0.3 is 0 Å². The lowest BCUT2D eigenvalue weighted by Gasteiger charge is -2.22. The van der Waals surface area contributed by atoms with Gasteiger partial charge in [-0.25, -0.2) is 0 Å². The molecule has 0 aromatic heterocycles. The van der Waals surface area contributed by atoms with Gasteiger partial charge in [-0.15, -0.1) is 0 Å². The number of rotatable bonds is 3. The summed E-state index contributed by atoms with van der Waals surface area (Å²) in [7, 11) is 0. The summed E-state index contributed by atoms with van der Waals surface area (Å²) >= 11 is 0. The summed E-state index contributed by atoms with van der Waals surface area (Å²) in [6.07, 6.45) is 1.22. The summed E-state index contributed by atoms with van der Waals surface area (Å²) in [5.41, 5.74) is 11.4. The van der Waals surface area contributed by atoms with Crippen molar-refractivity contribution < 1.29 is 0 Å². The summed E-state index contributed by atoms with van der Waals surface area (Å²) in [4.78, 5) is 2.47. The van der Waals surface area contributed by atoms with Crippen molar-refractivity contribution in [2.24, 2.45) is 17.4 Å². The highest BCUT2D eigenvalue weighted by Gasteiger charge is 2.27. The third-order valence-corrected chi connectivity index (χ3v) is 2.86. The Morgan fingerprint density at radius 2 is 2.17 bits per heavy atom. The molecule has 72 valence electrons. The Bertz CT molecular complexity index is 136. The zero-order valence-electron chi connectivity index (χ0n) is 8.16. The molecule has 1 rings (SSSR count). The van der Waals surface area contributed by atoms with Crippen LogP contribution in [0.1, 0.15) is 20.3 Å². The highest BCUT2D eigenvalue weighted by atomic mass is 15.2. The molecule has 1 saturated heterocycles. The molecule has 0 bridgehead atoms. The van der Waals surface area contributed by atoms with Crippen molar-refractivity contribution in [3.63, 3.8) is 0 Å². The molecule has 0 spiro atoms. The smallest absolute Gasteiger partial charge is 0.0204 e. The molecule has 1 heterocycles. The predicted octanol–water partition coefficient (Wildman–Crippen LogP) is 0.00270. The Kier molecular flexibility index (Phi) is 3.50. The van der Waals surface area contributed by atoms with Crippen LogP contribution >= 0.6 is 0 Å². The molecule has 4 N–H and O–H groups in total. The second-order valence-corrected chi connectivity index (χ2v) is 4.04. The Morgan fingerprint density at radius 3 is 2.58 bits per heavy atom. The van der Waals surface area contributed by atoms with Gasteiger partial charge in [0.1, 0.15) is 0 Å². The minimum Gasteiger partial charge on any atom is -0.329 e. The van der Waals surface area contributed by atoms with Crippen LogP contribution in [-0.4, -0.2) is 36.6 Å². The van der Waals surface area contributed by atoms with Gasteiger partial charge in [-0.2, -0.15) is 0 Å². The fourth-order valence-electron chi connectivity index (χ4n) is 1.83. The van der Waals surface area contributed by atoms with E-state index in [0.717, 1.165) is 6.54 Å². The van der Waals surface area contributed by atoms with E-state index < -0.39 is 0 Å². The van der Waals surface area contributed by atoms with Gasteiger partial charge < -0.3 is 16.4 Å². The van der Waals surface area contributed by atoms with E-state index in [1.54, 1.807) is 0 Å². The van der Waals surface area contributed by atoms with Gasteiger partial charge in [-0.1, -0.05) is 0 Å². The molecule has 1 aliphatic rings. The quantitative estimate of drug-likeness (QED) is 0.628. The first kappa shape index (κ1) is 9.96. The van der Waals surface area contributed by atoms with Gasteiger partial charge in [-0.05, 0) is 32.7 Å². The summed E-state index contributed by atoms with van der Waals surface area (Å²) in [6, 6.07) is 0.855. The number of nitrogens with two attached hydrogens (primary N) is 2. The minimum absolute atomic E-state index is 0.203. The van der Waals surface area contributed by atoms with Crippen LogP contribution < -0.4 is 11.5 Å². The number of likely N-dealkylation sites (tertiary alicyclic amines) is 1. The molecule has 0 saturated carbocycles. The van der Waals surface area contributed by atoms with Crippen LogP contribution in [0.3, 0.4) is 0 Å².